The Hall–Kier alpha value is -2.09. The largest absolute Gasteiger partial charge is 0.331 e. The highest BCUT2D eigenvalue weighted by Gasteiger charge is 2.08. The summed E-state index contributed by atoms with van der Waals surface area (Å²) in [5.74, 6) is 0.760. The third-order valence-corrected chi connectivity index (χ3v) is 5.13. The van der Waals surface area contributed by atoms with E-state index in [1.165, 1.54) is 5.56 Å². The number of aryl methyl sites for hydroxylation is 1. The van der Waals surface area contributed by atoms with E-state index in [2.05, 4.69) is 33.9 Å². The number of hydrogen-bond donors (Lipinski definition) is 2. The van der Waals surface area contributed by atoms with Gasteiger partial charge in [-0.3, -0.25) is 5.43 Å². The van der Waals surface area contributed by atoms with Crippen LogP contribution in [0.15, 0.2) is 60.0 Å². The van der Waals surface area contributed by atoms with Crippen LogP contribution >= 0.6 is 35.6 Å². The first-order valence-electron chi connectivity index (χ1n) is 8.09. The van der Waals surface area contributed by atoms with E-state index < -0.39 is 0 Å². The van der Waals surface area contributed by atoms with Crippen LogP contribution in [0, 0.1) is 0 Å². The van der Waals surface area contributed by atoms with E-state index in [4.69, 9.17) is 23.8 Å². The maximum atomic E-state index is 5.92. The first-order valence-corrected chi connectivity index (χ1v) is 9.86. The van der Waals surface area contributed by atoms with Gasteiger partial charge in [-0.05, 0) is 48.0 Å². The third kappa shape index (κ3) is 4.97. The molecular weight excluding hydrogens is 386 g/mol. The van der Waals surface area contributed by atoms with Crippen molar-refractivity contribution in [3.8, 4) is 0 Å². The fourth-order valence-corrected chi connectivity index (χ4v) is 3.50. The number of hydrogen-bond acceptors (Lipinski definition) is 4. The highest BCUT2D eigenvalue weighted by molar-refractivity contribution is 7.98. The fraction of sp³-hybridized carbons (Fsp3) is 0.167. The van der Waals surface area contributed by atoms with Crippen molar-refractivity contribution in [3.63, 3.8) is 0 Å². The van der Waals surface area contributed by atoms with Crippen molar-refractivity contribution in [1.29, 1.82) is 0 Å². The molecule has 0 saturated carbocycles. The molecule has 3 rings (SSSR count). The normalized spacial score (nSPS) is 10.5. The molecule has 2 aromatic carbocycles. The van der Waals surface area contributed by atoms with Crippen molar-refractivity contribution < 1.29 is 0 Å². The molecule has 0 fully saturated rings. The van der Waals surface area contributed by atoms with Crippen LogP contribution in [0.1, 0.15) is 18.1 Å². The average Bonchev–Trinajstić information content (AvgIpc) is 3.08. The second-order valence-corrected chi connectivity index (χ2v) is 7.26. The third-order valence-electron chi connectivity index (χ3n) is 3.67. The minimum atomic E-state index is 0.485. The lowest BCUT2D eigenvalue weighted by Crippen LogP contribution is -2.27. The predicted molar refractivity (Wildman–Crippen MR) is 112 cm³/mol. The van der Waals surface area contributed by atoms with Crippen LogP contribution in [0.2, 0.25) is 5.02 Å². The molecule has 0 radical (unpaired) electrons. The summed E-state index contributed by atoms with van der Waals surface area (Å²) in [6.45, 7) is 2.11. The Morgan fingerprint density at radius 2 is 1.96 bits per heavy atom. The Morgan fingerprint density at radius 3 is 2.73 bits per heavy atom. The van der Waals surface area contributed by atoms with Crippen LogP contribution in [-0.2, 0) is 12.2 Å². The lowest BCUT2D eigenvalue weighted by Gasteiger charge is -2.14. The molecule has 1 aromatic heterocycles. The van der Waals surface area contributed by atoms with Crippen molar-refractivity contribution in [1.82, 2.24) is 14.9 Å². The van der Waals surface area contributed by atoms with E-state index in [-0.39, 0.29) is 0 Å². The molecule has 0 aliphatic rings. The Kier molecular flexibility index (Phi) is 6.49. The van der Waals surface area contributed by atoms with Crippen molar-refractivity contribution in [3.05, 3.63) is 71.0 Å². The van der Waals surface area contributed by atoms with Gasteiger partial charge in [0.1, 0.15) is 6.33 Å². The van der Waals surface area contributed by atoms with Crippen LogP contribution in [0.3, 0.4) is 0 Å². The van der Waals surface area contributed by atoms with Crippen LogP contribution < -0.4 is 10.7 Å². The first-order chi connectivity index (χ1) is 12.7. The van der Waals surface area contributed by atoms with Crippen molar-refractivity contribution in [2.24, 2.45) is 0 Å². The molecule has 134 valence electrons. The number of aromatic nitrogens is 3. The van der Waals surface area contributed by atoms with Gasteiger partial charge in [0.2, 0.25) is 5.16 Å². The van der Waals surface area contributed by atoms with Crippen molar-refractivity contribution in [2.45, 2.75) is 24.3 Å². The molecule has 8 heteroatoms. The fourth-order valence-electron chi connectivity index (χ4n) is 2.34. The number of anilines is 1. The van der Waals surface area contributed by atoms with E-state index in [0.717, 1.165) is 33.6 Å². The molecule has 26 heavy (non-hydrogen) atoms. The molecule has 0 bridgehead atoms. The maximum Gasteiger partial charge on any atom is 0.210 e. The molecule has 0 unspecified atom stereocenters. The minimum absolute atomic E-state index is 0.485. The average molecular weight is 404 g/mol. The van der Waals surface area contributed by atoms with Gasteiger partial charge in [-0.2, -0.15) is 0 Å². The van der Waals surface area contributed by atoms with Crippen LogP contribution in [-0.4, -0.2) is 20.0 Å². The molecule has 0 saturated heterocycles. The molecule has 0 amide bonds. The molecular formula is C18H18ClN5S2. The molecule has 2 N–H and O–H groups in total. The SMILES string of the molecule is CCc1ccccc1NC(=S)Nn1cnnc1SCc1ccc(Cl)cc1. The lowest BCUT2D eigenvalue weighted by atomic mass is 10.1. The van der Waals surface area contributed by atoms with E-state index >= 15 is 0 Å². The van der Waals surface area contributed by atoms with Gasteiger partial charge in [0.25, 0.3) is 0 Å². The van der Waals surface area contributed by atoms with E-state index in [1.807, 2.05) is 42.5 Å². The molecule has 0 aliphatic carbocycles. The molecule has 0 atom stereocenters. The molecule has 1 heterocycles. The van der Waals surface area contributed by atoms with Crippen molar-refractivity contribution in [2.75, 3.05) is 10.7 Å². The van der Waals surface area contributed by atoms with Gasteiger partial charge in [0.15, 0.2) is 5.11 Å². The second kappa shape index (κ2) is 9.02. The number of nitrogens with one attached hydrogen (secondary N) is 2. The van der Waals surface area contributed by atoms with Gasteiger partial charge in [0, 0.05) is 16.5 Å². The number of thioether (sulfide) groups is 1. The van der Waals surface area contributed by atoms with E-state index in [1.54, 1.807) is 22.8 Å². The molecule has 0 spiro atoms. The second-order valence-electron chi connectivity index (χ2n) is 5.48. The Morgan fingerprint density at radius 1 is 1.19 bits per heavy atom. The number of benzene rings is 2. The standard InChI is InChI=1S/C18H18ClN5S2/c1-2-14-5-3-4-6-16(14)21-17(25)23-24-12-20-22-18(24)26-11-13-7-9-15(19)10-8-13/h3-10,12H,2,11H2,1H3,(H2,21,23,25). The summed E-state index contributed by atoms with van der Waals surface area (Å²) in [6, 6.07) is 15.8. The number of para-hydroxylation sites is 1. The Labute approximate surface area is 167 Å². The number of rotatable bonds is 6. The summed E-state index contributed by atoms with van der Waals surface area (Å²) >= 11 is 12.9. The number of nitrogens with zero attached hydrogens (tertiary/aromatic N) is 3. The van der Waals surface area contributed by atoms with Crippen molar-refractivity contribution >= 4 is 46.4 Å². The summed E-state index contributed by atoms with van der Waals surface area (Å²) in [5, 5.41) is 13.3. The molecule has 5 nitrogen and oxygen atoms in total. The zero-order valence-electron chi connectivity index (χ0n) is 14.1. The summed E-state index contributed by atoms with van der Waals surface area (Å²) in [4.78, 5) is 0. The zero-order chi connectivity index (χ0) is 18.4. The number of thiocarbonyl (C=S) groups is 1. The van der Waals surface area contributed by atoms with Crippen LogP contribution in [0.5, 0.6) is 0 Å². The smallest absolute Gasteiger partial charge is 0.210 e. The lowest BCUT2D eigenvalue weighted by molar-refractivity contribution is 0.833. The van der Waals surface area contributed by atoms with Gasteiger partial charge < -0.3 is 5.32 Å². The Bertz CT molecular complexity index is 879. The topological polar surface area (TPSA) is 54.8 Å². The first kappa shape index (κ1) is 18.7. The van der Waals surface area contributed by atoms with Crippen LogP contribution in [0.4, 0.5) is 5.69 Å². The van der Waals surface area contributed by atoms with Gasteiger partial charge in [-0.25, -0.2) is 4.68 Å². The summed E-state index contributed by atoms with van der Waals surface area (Å²) < 4.78 is 1.71. The number of halogens is 1. The molecule has 3 aromatic rings. The van der Waals surface area contributed by atoms with Crippen LogP contribution in [0.25, 0.3) is 0 Å². The monoisotopic (exact) mass is 403 g/mol. The van der Waals surface area contributed by atoms with Gasteiger partial charge >= 0.3 is 0 Å². The van der Waals surface area contributed by atoms with E-state index in [0.29, 0.717) is 5.11 Å². The highest BCUT2D eigenvalue weighted by Crippen LogP contribution is 2.21. The molecule has 0 aliphatic heterocycles. The zero-order valence-corrected chi connectivity index (χ0v) is 16.5. The minimum Gasteiger partial charge on any atom is -0.331 e. The summed E-state index contributed by atoms with van der Waals surface area (Å²) in [5.41, 5.74) is 6.47. The predicted octanol–water partition coefficient (Wildman–Crippen LogP) is 4.73. The summed E-state index contributed by atoms with van der Waals surface area (Å²) in [7, 11) is 0. The Balaban J connectivity index is 1.61. The van der Waals surface area contributed by atoms with Gasteiger partial charge in [-0.1, -0.05) is 60.6 Å². The summed E-state index contributed by atoms with van der Waals surface area (Å²) in [6.07, 6.45) is 2.53. The highest BCUT2D eigenvalue weighted by atomic mass is 35.5. The van der Waals surface area contributed by atoms with E-state index in [9.17, 15) is 0 Å². The van der Waals surface area contributed by atoms with Gasteiger partial charge in [0.05, 0.1) is 0 Å². The quantitative estimate of drug-likeness (QED) is 0.458. The maximum absolute atomic E-state index is 5.92. The van der Waals surface area contributed by atoms with Gasteiger partial charge in [-0.15, -0.1) is 10.2 Å².